The average molecular weight is 950 g/mol. The van der Waals surface area contributed by atoms with Crippen LogP contribution >= 0.6 is 22.9 Å². The van der Waals surface area contributed by atoms with Crippen LogP contribution in [0.25, 0.3) is 0 Å². The van der Waals surface area contributed by atoms with Gasteiger partial charge < -0.3 is 45.5 Å². The molecule has 4 amide bonds. The Morgan fingerprint density at radius 3 is 2.58 bits per heavy atom. The number of aromatic nitrogens is 2. The number of pyridine rings is 1. The lowest BCUT2D eigenvalue weighted by atomic mass is 9.67. The number of halogens is 2. The van der Waals surface area contributed by atoms with Gasteiger partial charge in [-0.1, -0.05) is 23.7 Å². The Labute approximate surface area is 390 Å². The van der Waals surface area contributed by atoms with Gasteiger partial charge in [-0.3, -0.25) is 29.3 Å². The minimum atomic E-state index is -0.712. The Morgan fingerprint density at radius 2 is 1.79 bits per heavy atom. The van der Waals surface area contributed by atoms with Crippen LogP contribution in [-0.2, 0) is 46.4 Å². The summed E-state index contributed by atoms with van der Waals surface area (Å²) in [5.41, 5.74) is 7.88. The third-order valence-corrected chi connectivity index (χ3v) is 12.7. The second-order valence-electron chi connectivity index (χ2n) is 16.5. The SMILES string of the molecule is NC(COCCOCCNCC(=O)C1(Cc2cccc(Nc3nccs3)n2)CCC(Oc2cccc(Cl)c2F)CC1)COCCC(=O)Nc1ccc2c(c1)CN(C1CCC(=O)NC1=O)C2=O. The van der Waals surface area contributed by atoms with Gasteiger partial charge >= 0.3 is 0 Å². The number of carbonyl (C=O) groups excluding carboxylic acids is 5. The van der Waals surface area contributed by atoms with Gasteiger partial charge in [0.15, 0.2) is 22.5 Å². The highest BCUT2D eigenvalue weighted by atomic mass is 35.5. The predicted molar refractivity (Wildman–Crippen MR) is 244 cm³/mol. The molecule has 2 aromatic carbocycles. The first-order valence-electron chi connectivity index (χ1n) is 22.0. The fourth-order valence-corrected chi connectivity index (χ4v) is 8.97. The van der Waals surface area contributed by atoms with Gasteiger partial charge in [0, 0.05) is 59.9 Å². The van der Waals surface area contributed by atoms with E-state index in [1.54, 1.807) is 36.5 Å². The number of nitrogens with two attached hydrogens (primary N) is 1. The Bertz CT molecular complexity index is 2330. The van der Waals surface area contributed by atoms with E-state index in [0.29, 0.717) is 81.1 Å². The Morgan fingerprint density at radius 1 is 1.00 bits per heavy atom. The summed E-state index contributed by atoms with van der Waals surface area (Å²) < 4.78 is 37.6. The average Bonchev–Trinajstić information content (AvgIpc) is 3.93. The van der Waals surface area contributed by atoms with Crippen molar-refractivity contribution in [2.75, 3.05) is 63.4 Å². The van der Waals surface area contributed by atoms with Crippen molar-refractivity contribution < 1.29 is 47.3 Å². The van der Waals surface area contributed by atoms with E-state index < -0.39 is 29.2 Å². The summed E-state index contributed by atoms with van der Waals surface area (Å²) in [6, 6.07) is 14.2. The summed E-state index contributed by atoms with van der Waals surface area (Å²) in [5, 5.41) is 14.2. The van der Waals surface area contributed by atoms with E-state index in [4.69, 9.17) is 41.3 Å². The molecule has 4 aromatic rings. The molecule has 2 aromatic heterocycles. The number of piperidine rings is 1. The zero-order chi connectivity index (χ0) is 46.5. The van der Waals surface area contributed by atoms with Crippen molar-refractivity contribution in [3.05, 3.63) is 93.8 Å². The van der Waals surface area contributed by atoms with Gasteiger partial charge in [0.05, 0.1) is 69.8 Å². The molecule has 1 saturated heterocycles. The van der Waals surface area contributed by atoms with Crippen LogP contribution in [0.5, 0.6) is 5.75 Å². The van der Waals surface area contributed by atoms with Crippen LogP contribution in [0.3, 0.4) is 0 Å². The summed E-state index contributed by atoms with van der Waals surface area (Å²) in [4.78, 5) is 73.9. The number of anilines is 3. The van der Waals surface area contributed by atoms with Crippen LogP contribution in [0.4, 0.5) is 21.0 Å². The number of rotatable bonds is 24. The zero-order valence-corrected chi connectivity index (χ0v) is 37.9. The van der Waals surface area contributed by atoms with Crippen LogP contribution in [0, 0.1) is 11.2 Å². The lowest BCUT2D eigenvalue weighted by Crippen LogP contribution is -2.52. The van der Waals surface area contributed by atoms with Crippen molar-refractivity contribution in [1.82, 2.24) is 25.5 Å². The number of hydrogen-bond acceptors (Lipinski definition) is 15. The minimum Gasteiger partial charge on any atom is -0.487 e. The number of Topliss-reactive ketones (excluding diaryl/α,β-unsaturated/α-hetero) is 1. The van der Waals surface area contributed by atoms with Crippen molar-refractivity contribution in [3.8, 4) is 5.75 Å². The van der Waals surface area contributed by atoms with E-state index >= 15 is 0 Å². The largest absolute Gasteiger partial charge is 0.487 e. The summed E-state index contributed by atoms with van der Waals surface area (Å²) >= 11 is 7.45. The lowest BCUT2D eigenvalue weighted by molar-refractivity contribution is -0.137. The molecule has 2 atom stereocenters. The van der Waals surface area contributed by atoms with Gasteiger partial charge in [-0.25, -0.2) is 14.4 Å². The quantitative estimate of drug-likeness (QED) is 0.0463. The van der Waals surface area contributed by atoms with E-state index in [0.717, 1.165) is 10.8 Å². The molecular weight excluding hydrogens is 895 g/mol. The van der Waals surface area contributed by atoms with Crippen molar-refractivity contribution in [2.45, 2.75) is 76.1 Å². The zero-order valence-electron chi connectivity index (χ0n) is 36.4. The summed E-state index contributed by atoms with van der Waals surface area (Å²) in [5.74, 6) is -1.17. The van der Waals surface area contributed by atoms with Crippen LogP contribution in [-0.4, -0.2) is 115 Å². The third kappa shape index (κ3) is 13.1. The Hall–Kier alpha value is -5.41. The smallest absolute Gasteiger partial charge is 0.255 e. The third-order valence-electron chi connectivity index (χ3n) is 11.7. The predicted octanol–water partition coefficient (Wildman–Crippen LogP) is 4.95. The number of fused-ring (bicyclic) bond motifs is 1. The van der Waals surface area contributed by atoms with Crippen LogP contribution in [0.2, 0.25) is 5.02 Å². The highest BCUT2D eigenvalue weighted by Crippen LogP contribution is 2.42. The van der Waals surface area contributed by atoms with E-state index in [9.17, 15) is 28.4 Å². The maximum Gasteiger partial charge on any atom is 0.255 e. The molecule has 66 heavy (non-hydrogen) atoms. The van der Waals surface area contributed by atoms with Gasteiger partial charge in [0.2, 0.25) is 17.7 Å². The molecule has 1 aliphatic carbocycles. The molecule has 6 N–H and O–H groups in total. The molecule has 2 fully saturated rings. The number of ether oxygens (including phenoxy) is 4. The van der Waals surface area contributed by atoms with E-state index in [1.165, 1.54) is 22.3 Å². The monoisotopic (exact) mass is 948 g/mol. The van der Waals surface area contributed by atoms with Gasteiger partial charge in [-0.2, -0.15) is 0 Å². The molecule has 0 bridgehead atoms. The Kier molecular flexibility index (Phi) is 17.2. The van der Waals surface area contributed by atoms with Crippen LogP contribution < -0.4 is 31.7 Å². The number of carbonyl (C=O) groups is 5. The Balaban J connectivity index is 0.761. The first-order valence-corrected chi connectivity index (χ1v) is 23.3. The number of benzene rings is 2. The number of nitrogens with one attached hydrogen (secondary N) is 4. The lowest BCUT2D eigenvalue weighted by Gasteiger charge is -2.39. The number of hydrogen-bond donors (Lipinski definition) is 5. The molecule has 3 aliphatic rings. The molecule has 4 heterocycles. The standard InChI is InChI=1S/C46H54ClFN8O9S/c47-35-4-2-5-37(42(35)48)65-33-11-14-46(15-12-33,24-32-3-1-6-39(52-32)54-45-51-17-22-66-45)38(57)25-50-16-19-62-20-21-64-28-30(49)27-63-18-13-41(59)53-31-7-8-34-29(23-31)26-56(44(34)61)36-9-10-40(58)55-43(36)60/h1-8,17,22-23,30,33,36,50H,9-16,18-21,24-28,49H2,(H,53,59)(H,51,52,54)(H,55,58,60). The van der Waals surface area contributed by atoms with Gasteiger partial charge in [0.1, 0.15) is 11.9 Å². The summed E-state index contributed by atoms with van der Waals surface area (Å²) in [6.07, 6.45) is 4.62. The van der Waals surface area contributed by atoms with Gasteiger partial charge in [0.25, 0.3) is 5.91 Å². The number of amides is 4. The molecule has 0 spiro atoms. The van der Waals surface area contributed by atoms with Crippen LogP contribution in [0.15, 0.2) is 66.2 Å². The maximum atomic E-state index is 14.6. The van der Waals surface area contributed by atoms with E-state index in [-0.39, 0.29) is 92.6 Å². The van der Waals surface area contributed by atoms with Crippen LogP contribution in [0.1, 0.15) is 66.6 Å². The molecule has 0 radical (unpaired) electrons. The molecule has 2 unspecified atom stereocenters. The molecule has 20 heteroatoms. The topological polar surface area (TPSA) is 225 Å². The fourth-order valence-electron chi connectivity index (χ4n) is 8.27. The fraction of sp³-hybridized carbons (Fsp3) is 0.457. The van der Waals surface area contributed by atoms with Crippen molar-refractivity contribution in [2.24, 2.45) is 11.1 Å². The van der Waals surface area contributed by atoms with Crippen molar-refractivity contribution in [1.29, 1.82) is 0 Å². The van der Waals surface area contributed by atoms with Gasteiger partial charge in [-0.15, -0.1) is 11.3 Å². The highest BCUT2D eigenvalue weighted by Gasteiger charge is 2.43. The first kappa shape index (κ1) is 48.5. The molecule has 1 saturated carbocycles. The highest BCUT2D eigenvalue weighted by molar-refractivity contribution is 7.13. The van der Waals surface area contributed by atoms with E-state index in [2.05, 4.69) is 26.3 Å². The second kappa shape index (κ2) is 23.4. The van der Waals surface area contributed by atoms with E-state index in [1.807, 2.05) is 23.6 Å². The molecule has 352 valence electrons. The molecule has 7 rings (SSSR count). The van der Waals surface area contributed by atoms with Crippen molar-refractivity contribution in [3.63, 3.8) is 0 Å². The number of ketones is 1. The number of nitrogens with zero attached hydrogens (tertiary/aromatic N) is 3. The molecular formula is C46H54ClFN8O9S. The normalized spacial score (nSPS) is 19.9. The first-order chi connectivity index (χ1) is 32.0. The minimum absolute atomic E-state index is 0.00271. The summed E-state index contributed by atoms with van der Waals surface area (Å²) in [7, 11) is 0. The van der Waals surface area contributed by atoms with Crippen molar-refractivity contribution >= 4 is 69.0 Å². The van der Waals surface area contributed by atoms with Gasteiger partial charge in [-0.05, 0) is 80.1 Å². The molecule has 2 aliphatic heterocycles. The number of thiazole rings is 1. The second-order valence-corrected chi connectivity index (χ2v) is 17.8. The summed E-state index contributed by atoms with van der Waals surface area (Å²) in [6.45, 7) is 2.35. The maximum absolute atomic E-state index is 14.6. The number of imide groups is 1. The molecule has 17 nitrogen and oxygen atoms in total.